The second-order valence-corrected chi connectivity index (χ2v) is 8.10. The highest BCUT2D eigenvalue weighted by Gasteiger charge is 2.27. The Balaban J connectivity index is 2.53. The van der Waals surface area contributed by atoms with Crippen molar-refractivity contribution < 1.29 is 29.4 Å². The molecule has 170 valence electrons. The largest absolute Gasteiger partial charge is 0.481 e. The fourth-order valence-electron chi connectivity index (χ4n) is 2.63. The van der Waals surface area contributed by atoms with Crippen molar-refractivity contribution in [3.8, 4) is 0 Å². The molecule has 0 aliphatic rings. The van der Waals surface area contributed by atoms with E-state index in [9.17, 15) is 29.4 Å². The van der Waals surface area contributed by atoms with Gasteiger partial charge in [0.15, 0.2) is 5.78 Å². The molecule has 1 aromatic carbocycles. The van der Waals surface area contributed by atoms with Crippen molar-refractivity contribution in [3.05, 3.63) is 33.8 Å². The number of aliphatic hydroxyl groups is 1. The molecule has 0 aromatic heterocycles. The molecule has 0 heterocycles. The van der Waals surface area contributed by atoms with Crippen LogP contribution in [0.4, 0.5) is 0 Å². The Kier molecular flexibility index (Phi) is 10.6. The van der Waals surface area contributed by atoms with Crippen LogP contribution in [0.1, 0.15) is 38.7 Å². The van der Waals surface area contributed by atoms with Crippen LogP contribution in [-0.4, -0.2) is 45.8 Å². The van der Waals surface area contributed by atoms with Crippen LogP contribution >= 0.6 is 23.2 Å². The second-order valence-electron chi connectivity index (χ2n) is 7.28. The van der Waals surface area contributed by atoms with Gasteiger partial charge in [-0.1, -0.05) is 43.1 Å². The molecule has 0 spiro atoms. The van der Waals surface area contributed by atoms with E-state index in [1.165, 1.54) is 0 Å². The predicted octanol–water partition coefficient (Wildman–Crippen LogP) is 2.16. The van der Waals surface area contributed by atoms with Crippen molar-refractivity contribution in [2.75, 3.05) is 0 Å². The van der Waals surface area contributed by atoms with Crippen molar-refractivity contribution in [3.63, 3.8) is 0 Å². The summed E-state index contributed by atoms with van der Waals surface area (Å²) in [5.74, 6) is -5.30. The van der Waals surface area contributed by atoms with E-state index in [2.05, 4.69) is 10.6 Å². The number of carboxylic acid groups (broad SMARTS) is 1. The number of carbonyl (C=O) groups is 4. The van der Waals surface area contributed by atoms with Crippen molar-refractivity contribution in [2.24, 2.45) is 11.8 Å². The highest BCUT2D eigenvalue weighted by Crippen LogP contribution is 2.24. The number of halogens is 2. The first-order chi connectivity index (χ1) is 14.4. The molecular weight excluding hydrogens is 449 g/mol. The number of amides is 2. The van der Waals surface area contributed by atoms with Gasteiger partial charge >= 0.3 is 5.97 Å². The summed E-state index contributed by atoms with van der Waals surface area (Å²) in [6.07, 6.45) is -2.36. The minimum absolute atomic E-state index is 0.172. The summed E-state index contributed by atoms with van der Waals surface area (Å²) in [5.41, 5.74) is 0.375. The predicted molar refractivity (Wildman–Crippen MR) is 115 cm³/mol. The van der Waals surface area contributed by atoms with Gasteiger partial charge in [-0.15, -0.1) is 0 Å². The first-order valence-corrected chi connectivity index (χ1v) is 10.2. The molecule has 1 aromatic rings. The van der Waals surface area contributed by atoms with Crippen LogP contribution in [0.25, 0.3) is 0 Å². The molecule has 11 heteroatoms. The van der Waals surface area contributed by atoms with E-state index in [-0.39, 0.29) is 35.2 Å². The number of ketones is 1. The fraction of sp³-hybridized carbons (Fsp3) is 0.450. The van der Waals surface area contributed by atoms with Gasteiger partial charge in [0.05, 0.1) is 12.3 Å². The smallest absolute Gasteiger partial charge is 0.306 e. The van der Waals surface area contributed by atoms with Gasteiger partial charge < -0.3 is 10.2 Å². The maximum atomic E-state index is 12.0. The van der Waals surface area contributed by atoms with Gasteiger partial charge in [0.25, 0.3) is 0 Å². The van der Waals surface area contributed by atoms with Gasteiger partial charge in [0, 0.05) is 22.9 Å². The standard InChI is InChI=1S/C20H25Cl2N3O6/c1-10(2)18(29)15(26)8-11(19(30)31)6-7-16(27)24-20(23)25-17(28)9-12-13(21)4-3-5-14(12)22/h3-5,10-11,18,29H,6-9H2,1-2H3,(H,30,31)(H3,23,24,25,27,28)/t11-,18+/m1/s1. The number of hydrogen-bond acceptors (Lipinski definition) is 6. The Labute approximate surface area is 189 Å². The number of carboxylic acids is 1. The molecule has 0 radical (unpaired) electrons. The van der Waals surface area contributed by atoms with Crippen LogP contribution in [-0.2, 0) is 25.6 Å². The van der Waals surface area contributed by atoms with Crippen molar-refractivity contribution >= 4 is 52.7 Å². The van der Waals surface area contributed by atoms with Crippen LogP contribution in [0, 0.1) is 17.2 Å². The highest BCUT2D eigenvalue weighted by atomic mass is 35.5. The third kappa shape index (κ3) is 9.04. The number of nitrogens with one attached hydrogen (secondary N) is 3. The maximum absolute atomic E-state index is 12.0. The Hall–Kier alpha value is -2.49. The van der Waals surface area contributed by atoms with E-state index in [4.69, 9.17) is 28.6 Å². The number of rotatable bonds is 10. The molecule has 5 N–H and O–H groups in total. The molecular formula is C20H25Cl2N3O6. The molecule has 0 saturated carbocycles. The third-order valence-corrected chi connectivity index (χ3v) is 5.11. The third-order valence-electron chi connectivity index (χ3n) is 4.41. The summed E-state index contributed by atoms with van der Waals surface area (Å²) >= 11 is 12.0. The van der Waals surface area contributed by atoms with Crippen molar-refractivity contribution in [1.82, 2.24) is 10.6 Å². The molecule has 2 atom stereocenters. The summed E-state index contributed by atoms with van der Waals surface area (Å²) in [6.45, 7) is 3.26. The van der Waals surface area contributed by atoms with Crippen LogP contribution < -0.4 is 10.6 Å². The Morgan fingerprint density at radius 1 is 1.06 bits per heavy atom. The molecule has 9 nitrogen and oxygen atoms in total. The molecule has 2 amide bonds. The quantitative estimate of drug-likeness (QED) is 0.258. The fourth-order valence-corrected chi connectivity index (χ4v) is 3.16. The first-order valence-electron chi connectivity index (χ1n) is 9.47. The van der Waals surface area contributed by atoms with Crippen molar-refractivity contribution in [2.45, 2.75) is 45.6 Å². The van der Waals surface area contributed by atoms with Crippen LogP contribution in [0.3, 0.4) is 0 Å². The van der Waals surface area contributed by atoms with Crippen molar-refractivity contribution in [1.29, 1.82) is 5.41 Å². The lowest BCUT2D eigenvalue weighted by Crippen LogP contribution is -2.43. The molecule has 0 aliphatic heterocycles. The average molecular weight is 474 g/mol. The molecule has 1 rings (SSSR count). The number of aliphatic carboxylic acids is 1. The van der Waals surface area contributed by atoms with E-state index < -0.39 is 48.0 Å². The van der Waals surface area contributed by atoms with E-state index >= 15 is 0 Å². The second kappa shape index (κ2) is 12.4. The minimum atomic E-state index is -1.27. The summed E-state index contributed by atoms with van der Waals surface area (Å²) < 4.78 is 0. The van der Waals surface area contributed by atoms with E-state index in [1.807, 2.05) is 0 Å². The van der Waals surface area contributed by atoms with Gasteiger partial charge in [0.2, 0.25) is 17.8 Å². The molecule has 0 fully saturated rings. The lowest BCUT2D eigenvalue weighted by Gasteiger charge is -2.16. The van der Waals surface area contributed by atoms with Gasteiger partial charge in [-0.3, -0.25) is 35.2 Å². The molecule has 0 saturated heterocycles. The van der Waals surface area contributed by atoms with Gasteiger partial charge in [-0.25, -0.2) is 0 Å². The number of guanidine groups is 1. The van der Waals surface area contributed by atoms with Crippen LogP contribution in [0.5, 0.6) is 0 Å². The van der Waals surface area contributed by atoms with Gasteiger partial charge in [-0.05, 0) is 30.0 Å². The van der Waals surface area contributed by atoms with Gasteiger partial charge in [0.1, 0.15) is 6.10 Å². The lowest BCUT2D eigenvalue weighted by atomic mass is 9.92. The summed E-state index contributed by atoms with van der Waals surface area (Å²) in [4.78, 5) is 47.3. The summed E-state index contributed by atoms with van der Waals surface area (Å²) in [6, 6.07) is 4.75. The molecule has 31 heavy (non-hydrogen) atoms. The summed E-state index contributed by atoms with van der Waals surface area (Å²) in [7, 11) is 0. The molecule has 0 unspecified atom stereocenters. The zero-order valence-electron chi connectivity index (χ0n) is 17.1. The minimum Gasteiger partial charge on any atom is -0.481 e. The van der Waals surface area contributed by atoms with Crippen LogP contribution in [0.2, 0.25) is 10.0 Å². The Morgan fingerprint density at radius 2 is 1.61 bits per heavy atom. The van der Waals surface area contributed by atoms with Crippen LogP contribution in [0.15, 0.2) is 18.2 Å². The maximum Gasteiger partial charge on any atom is 0.306 e. The van der Waals surface area contributed by atoms with Gasteiger partial charge in [-0.2, -0.15) is 0 Å². The number of aliphatic hydroxyl groups excluding tert-OH is 1. The zero-order valence-corrected chi connectivity index (χ0v) is 18.6. The Bertz CT molecular complexity index is 839. The molecule has 0 bridgehead atoms. The average Bonchev–Trinajstić information content (AvgIpc) is 2.66. The highest BCUT2D eigenvalue weighted by molar-refractivity contribution is 6.36. The number of benzene rings is 1. The topological polar surface area (TPSA) is 157 Å². The monoisotopic (exact) mass is 473 g/mol. The van der Waals surface area contributed by atoms with E-state index in [0.717, 1.165) is 0 Å². The lowest BCUT2D eigenvalue weighted by molar-refractivity contribution is -0.145. The molecule has 0 aliphatic carbocycles. The SMILES string of the molecule is CC(C)[C@H](O)C(=O)C[C@@H](CCC(=O)NC(=N)NC(=O)Cc1c(Cl)cccc1Cl)C(=O)O. The first kappa shape index (κ1) is 26.5. The zero-order chi connectivity index (χ0) is 23.7. The summed E-state index contributed by atoms with van der Waals surface area (Å²) in [5, 5.41) is 31.6. The van der Waals surface area contributed by atoms with E-state index in [1.54, 1.807) is 32.0 Å². The number of Topliss-reactive ketones (excluding diaryl/α,β-unsaturated/α-hetero) is 1. The Morgan fingerprint density at radius 3 is 2.13 bits per heavy atom. The normalized spacial score (nSPS) is 12.7. The van der Waals surface area contributed by atoms with E-state index in [0.29, 0.717) is 5.56 Å². The number of hydrogen-bond donors (Lipinski definition) is 5. The number of carbonyl (C=O) groups excluding carboxylic acids is 3.